The predicted molar refractivity (Wildman–Crippen MR) is 204 cm³/mol. The molecule has 0 saturated carbocycles. The first-order valence-corrected chi connectivity index (χ1v) is 20.3. The van der Waals surface area contributed by atoms with Gasteiger partial charge in [-0.25, -0.2) is 0 Å². The molecule has 2 amide bonds. The number of carbonyl (C=O) groups is 4. The molecule has 21 heteroatoms. The molecule has 1 aromatic carbocycles. The molecule has 2 aliphatic rings. The van der Waals surface area contributed by atoms with Gasteiger partial charge in [0.2, 0.25) is 5.91 Å². The summed E-state index contributed by atoms with van der Waals surface area (Å²) in [5, 5.41) is 48.4. The number of thioether (sulfide) groups is 1. The van der Waals surface area contributed by atoms with Crippen LogP contribution in [0.1, 0.15) is 57.4 Å². The number of likely N-dealkylation sites (tertiary alicyclic amines) is 1. The maximum Gasteiger partial charge on any atom is 0.323 e. The van der Waals surface area contributed by atoms with E-state index < -0.39 is 106 Å². The van der Waals surface area contributed by atoms with Crippen molar-refractivity contribution in [2.75, 3.05) is 26.5 Å². The number of aliphatic hydroxyl groups is 3. The first-order valence-electron chi connectivity index (χ1n) is 17.7. The van der Waals surface area contributed by atoms with Crippen molar-refractivity contribution < 1.29 is 53.6 Å². The van der Waals surface area contributed by atoms with Crippen molar-refractivity contribution in [2.45, 2.75) is 116 Å². The van der Waals surface area contributed by atoms with E-state index in [1.54, 1.807) is 13.2 Å². The number of nitrogens with zero attached hydrogens (tertiary/aromatic N) is 2. The number of rotatable bonds is 19. The fraction of sp³-hybridized carbons (Fsp3) is 0.706. The quantitative estimate of drug-likeness (QED) is 0.0379. The van der Waals surface area contributed by atoms with Gasteiger partial charge in [0.1, 0.15) is 42.6 Å². The number of nitro benzene ring substituents is 1. The number of esters is 2. The largest absolute Gasteiger partial charge is 0.465 e. The molecule has 2 saturated heterocycles. The second-order valence-corrected chi connectivity index (χ2v) is 16.4. The molecule has 310 valence electrons. The molecule has 0 aliphatic carbocycles. The van der Waals surface area contributed by atoms with Gasteiger partial charge in [0.05, 0.1) is 28.3 Å². The smallest absolute Gasteiger partial charge is 0.323 e. The highest BCUT2D eigenvalue weighted by Crippen LogP contribution is 2.33. The van der Waals surface area contributed by atoms with Crippen LogP contribution in [0.3, 0.4) is 0 Å². The minimum atomic E-state index is -1.67. The Kier molecular flexibility index (Phi) is 18.6. The SMILES string of the molecule is CCCC1CC(C(=O)N[C@H](C(C)Cl)[C@H]2O[C@H](SC)[C@H](OC(=O)C(N)CCC(=O)OCC(c3ccc([N+](=O)[O-])cc3)C(O)NC(=O)C(Cl)Cl)[C@@H](O)[C@H]2O)N(C)C1. The molecule has 3 rings (SSSR count). The van der Waals surface area contributed by atoms with Gasteiger partial charge in [-0.15, -0.1) is 23.4 Å². The number of amides is 2. The Labute approximate surface area is 338 Å². The lowest BCUT2D eigenvalue weighted by molar-refractivity contribution is -0.384. The van der Waals surface area contributed by atoms with Gasteiger partial charge in [0, 0.05) is 25.1 Å². The van der Waals surface area contributed by atoms with Gasteiger partial charge in [0.25, 0.3) is 11.6 Å². The van der Waals surface area contributed by atoms with Crippen molar-refractivity contribution in [3.63, 3.8) is 0 Å². The number of ether oxygens (including phenoxy) is 3. The number of alkyl halides is 3. The lowest BCUT2D eigenvalue weighted by atomic mass is 9.92. The van der Waals surface area contributed by atoms with Crippen LogP contribution in [0.15, 0.2) is 24.3 Å². The summed E-state index contributed by atoms with van der Waals surface area (Å²) >= 11 is 18.7. The minimum absolute atomic E-state index is 0.239. The Bertz CT molecular complexity index is 1460. The molecule has 0 radical (unpaired) electrons. The molecule has 0 spiro atoms. The van der Waals surface area contributed by atoms with E-state index in [-0.39, 0.29) is 23.6 Å². The summed E-state index contributed by atoms with van der Waals surface area (Å²) < 4.78 is 16.9. The number of non-ortho nitro benzene ring substituents is 1. The lowest BCUT2D eigenvalue weighted by Gasteiger charge is -2.45. The van der Waals surface area contributed by atoms with Gasteiger partial charge in [-0.2, -0.15) is 0 Å². The van der Waals surface area contributed by atoms with Crippen molar-refractivity contribution in [1.82, 2.24) is 15.5 Å². The highest BCUT2D eigenvalue weighted by molar-refractivity contribution is 7.99. The van der Waals surface area contributed by atoms with Gasteiger partial charge in [-0.3, -0.25) is 34.2 Å². The third-order valence-electron chi connectivity index (χ3n) is 9.65. The van der Waals surface area contributed by atoms with Crippen LogP contribution in [0.25, 0.3) is 0 Å². The zero-order chi connectivity index (χ0) is 41.1. The summed E-state index contributed by atoms with van der Waals surface area (Å²) in [4.78, 5) is 62.0. The molecule has 6 unspecified atom stereocenters. The molecule has 0 bridgehead atoms. The number of likely N-dealkylation sites (N-methyl/N-ethyl adjacent to an activating group) is 1. The Hall–Kier alpha value is -2.52. The van der Waals surface area contributed by atoms with Crippen molar-refractivity contribution >= 4 is 76.0 Å². The third-order valence-corrected chi connectivity index (χ3v) is 11.2. The zero-order valence-electron chi connectivity index (χ0n) is 30.8. The van der Waals surface area contributed by atoms with Crippen LogP contribution in [0.4, 0.5) is 5.69 Å². The molecular weight excluding hydrogens is 809 g/mol. The molecule has 7 N–H and O–H groups in total. The monoisotopic (exact) mass is 857 g/mol. The topological polar surface area (TPSA) is 253 Å². The fourth-order valence-electron chi connectivity index (χ4n) is 6.61. The normalized spacial score (nSPS) is 27.0. The molecular formula is C34H50Cl3N5O12S. The van der Waals surface area contributed by atoms with Crippen molar-refractivity contribution in [1.29, 1.82) is 0 Å². The van der Waals surface area contributed by atoms with Crippen LogP contribution in [-0.4, -0.2) is 140 Å². The average molecular weight is 859 g/mol. The van der Waals surface area contributed by atoms with Gasteiger partial charge >= 0.3 is 11.9 Å². The third kappa shape index (κ3) is 13.0. The first kappa shape index (κ1) is 46.9. The van der Waals surface area contributed by atoms with Crippen molar-refractivity contribution in [2.24, 2.45) is 11.7 Å². The zero-order valence-corrected chi connectivity index (χ0v) is 33.9. The molecule has 2 aliphatic heterocycles. The standard InChI is InChI=1S/C34H50Cl3N5O12S/c1-5-6-17-13-22(41(3)14-17)31(47)39-24(16(2)35)27-25(44)26(45)28(34(54-27)55-4)53-33(49)21(38)11-12-23(43)52-15-20(30(46)40-32(48)29(36)37)18-7-9-19(10-8-18)42(50)51/h7-10,16-17,20-22,24-30,34,44-46H,5-6,11-15,38H2,1-4H3,(H,39,47)(H,40,48)/t16?,17?,20?,21?,22?,24-,25-,26+,27-,28-,30?,34-/m1/s1. The summed E-state index contributed by atoms with van der Waals surface area (Å²) in [6, 6.07) is 2.26. The van der Waals surface area contributed by atoms with Crippen LogP contribution >= 0.6 is 46.6 Å². The Morgan fingerprint density at radius 3 is 2.36 bits per heavy atom. The van der Waals surface area contributed by atoms with Crippen LogP contribution in [-0.2, 0) is 33.4 Å². The second kappa shape index (κ2) is 21.9. The summed E-state index contributed by atoms with van der Waals surface area (Å²) in [7, 11) is 1.88. The number of halogens is 3. The first-order chi connectivity index (χ1) is 25.9. The van der Waals surface area contributed by atoms with Crippen LogP contribution in [0, 0.1) is 16.0 Å². The average Bonchev–Trinajstić information content (AvgIpc) is 3.51. The Balaban J connectivity index is 1.59. The number of nitrogens with one attached hydrogen (secondary N) is 2. The molecule has 12 atom stereocenters. The Morgan fingerprint density at radius 1 is 1.15 bits per heavy atom. The maximum atomic E-state index is 13.4. The number of hydrogen-bond acceptors (Lipinski definition) is 15. The Morgan fingerprint density at radius 2 is 1.80 bits per heavy atom. The van der Waals surface area contributed by atoms with E-state index in [0.717, 1.165) is 43.3 Å². The highest BCUT2D eigenvalue weighted by atomic mass is 35.5. The van der Waals surface area contributed by atoms with Gasteiger partial charge < -0.3 is 45.9 Å². The molecule has 55 heavy (non-hydrogen) atoms. The summed E-state index contributed by atoms with van der Waals surface area (Å²) in [5.74, 6) is -3.80. The second-order valence-electron chi connectivity index (χ2n) is 13.7. The molecule has 0 aromatic heterocycles. The van der Waals surface area contributed by atoms with Crippen molar-refractivity contribution in [3.05, 3.63) is 39.9 Å². The van der Waals surface area contributed by atoms with E-state index in [2.05, 4.69) is 17.6 Å². The van der Waals surface area contributed by atoms with E-state index in [9.17, 15) is 44.6 Å². The van der Waals surface area contributed by atoms with Crippen molar-refractivity contribution in [3.8, 4) is 0 Å². The number of carbonyl (C=O) groups excluding carboxylic acids is 4. The van der Waals surface area contributed by atoms with Crippen LogP contribution in [0.2, 0.25) is 0 Å². The highest BCUT2D eigenvalue weighted by Gasteiger charge is 2.51. The van der Waals surface area contributed by atoms with E-state index in [1.165, 1.54) is 12.1 Å². The molecule has 2 fully saturated rings. The van der Waals surface area contributed by atoms with E-state index in [0.29, 0.717) is 12.3 Å². The number of nitro groups is 1. The molecule has 1 aromatic rings. The lowest BCUT2D eigenvalue weighted by Crippen LogP contribution is -2.66. The summed E-state index contributed by atoms with van der Waals surface area (Å²) in [5.41, 5.74) is 5.05. The van der Waals surface area contributed by atoms with Crippen LogP contribution in [0.5, 0.6) is 0 Å². The molecule has 17 nitrogen and oxygen atoms in total. The summed E-state index contributed by atoms with van der Waals surface area (Å²) in [6.45, 7) is 3.99. The number of benzene rings is 1. The van der Waals surface area contributed by atoms with Gasteiger partial charge in [-0.1, -0.05) is 48.7 Å². The number of hydrogen-bond donors (Lipinski definition) is 6. The van der Waals surface area contributed by atoms with E-state index in [4.69, 9.17) is 54.7 Å². The molecule has 2 heterocycles. The minimum Gasteiger partial charge on any atom is -0.465 e. The fourth-order valence-corrected chi connectivity index (χ4v) is 7.67. The van der Waals surface area contributed by atoms with Gasteiger partial charge in [0.15, 0.2) is 10.9 Å². The van der Waals surface area contributed by atoms with E-state index in [1.807, 2.05) is 11.9 Å². The maximum absolute atomic E-state index is 13.4. The van der Waals surface area contributed by atoms with Crippen LogP contribution < -0.4 is 16.4 Å². The summed E-state index contributed by atoms with van der Waals surface area (Å²) in [6.07, 6.45) is -3.87. The van der Waals surface area contributed by atoms with Gasteiger partial charge in [-0.05, 0) is 51.0 Å². The van der Waals surface area contributed by atoms with E-state index >= 15 is 0 Å². The number of nitrogens with two attached hydrogens (primary N) is 1. The predicted octanol–water partition coefficient (Wildman–Crippen LogP) is 1.52. The number of aliphatic hydroxyl groups excluding tert-OH is 3.